The zero-order valence-corrected chi connectivity index (χ0v) is 24.6. The van der Waals surface area contributed by atoms with Crippen LogP contribution in [0.4, 0.5) is 23.7 Å². The molecule has 3 aromatic carbocycles. The smallest absolute Gasteiger partial charge is 0.294 e. The van der Waals surface area contributed by atoms with Gasteiger partial charge in [-0.2, -0.15) is 0 Å². The van der Waals surface area contributed by atoms with E-state index in [1.807, 2.05) is 36.5 Å². The number of carbonyl (C=O) groups is 3. The van der Waals surface area contributed by atoms with Crippen molar-refractivity contribution >= 4 is 56.5 Å². The second kappa shape index (κ2) is 13.8. The molecule has 3 amide bonds. The average molecular weight is 661 g/mol. The molecule has 0 atom stereocenters. The summed E-state index contributed by atoms with van der Waals surface area (Å²) in [5.74, 6) is -5.53. The number of carbonyl (C=O) groups excluding carboxylic acids is 3. The summed E-state index contributed by atoms with van der Waals surface area (Å²) in [5.41, 5.74) is 1.61. The first-order valence-electron chi connectivity index (χ1n) is 12.6. The second-order valence-corrected chi connectivity index (χ2v) is 10.8. The van der Waals surface area contributed by atoms with Gasteiger partial charge in [-0.05, 0) is 78.7 Å². The van der Waals surface area contributed by atoms with Crippen molar-refractivity contribution in [2.75, 3.05) is 18.5 Å². The summed E-state index contributed by atoms with van der Waals surface area (Å²) in [6.07, 6.45) is 3.62. The van der Waals surface area contributed by atoms with Crippen molar-refractivity contribution < 1.29 is 37.0 Å². The summed E-state index contributed by atoms with van der Waals surface area (Å²) in [6, 6.07) is 12.6. The van der Waals surface area contributed by atoms with Gasteiger partial charge in [0.15, 0.2) is 29.0 Å². The quantitative estimate of drug-likeness (QED) is 0.133. The Morgan fingerprint density at radius 2 is 1.81 bits per heavy atom. The van der Waals surface area contributed by atoms with Crippen molar-refractivity contribution in [3.8, 4) is 11.5 Å². The van der Waals surface area contributed by atoms with Crippen LogP contribution in [0.5, 0.6) is 11.5 Å². The molecule has 0 saturated carbocycles. The van der Waals surface area contributed by atoms with Gasteiger partial charge in [-0.15, -0.1) is 6.58 Å². The molecule has 0 bridgehead atoms. The van der Waals surface area contributed by atoms with Gasteiger partial charge in [-0.1, -0.05) is 34.1 Å². The van der Waals surface area contributed by atoms with Crippen molar-refractivity contribution in [2.45, 2.75) is 20.0 Å². The molecule has 0 radical (unpaired) electrons. The molecule has 0 unspecified atom stereocenters. The van der Waals surface area contributed by atoms with Crippen LogP contribution in [-0.4, -0.2) is 35.1 Å². The Morgan fingerprint density at radius 1 is 1.07 bits per heavy atom. The lowest BCUT2D eigenvalue weighted by Crippen LogP contribution is -2.36. The van der Waals surface area contributed by atoms with E-state index in [-0.39, 0.29) is 11.5 Å². The fourth-order valence-electron chi connectivity index (χ4n) is 3.98. The minimum Gasteiger partial charge on any atom is -0.490 e. The van der Waals surface area contributed by atoms with Crippen LogP contribution >= 0.6 is 27.7 Å². The number of hydrogen-bond donors (Lipinski definition) is 1. The van der Waals surface area contributed by atoms with Gasteiger partial charge in [0.2, 0.25) is 5.91 Å². The van der Waals surface area contributed by atoms with Gasteiger partial charge in [-0.25, -0.2) is 13.2 Å². The first kappa shape index (κ1) is 30.9. The van der Waals surface area contributed by atoms with E-state index in [9.17, 15) is 27.6 Å². The maximum Gasteiger partial charge on any atom is 0.294 e. The van der Waals surface area contributed by atoms with Crippen LogP contribution in [0.15, 0.2) is 70.6 Å². The van der Waals surface area contributed by atoms with E-state index in [1.165, 1.54) is 6.08 Å². The van der Waals surface area contributed by atoms with Gasteiger partial charge in [0.25, 0.3) is 11.1 Å². The van der Waals surface area contributed by atoms with E-state index in [1.54, 1.807) is 18.2 Å². The molecule has 12 heteroatoms. The third-order valence-electron chi connectivity index (χ3n) is 5.90. The highest BCUT2D eigenvalue weighted by atomic mass is 79.9. The minimum absolute atomic E-state index is 0.0438. The molecule has 42 heavy (non-hydrogen) atoms. The third-order valence-corrected chi connectivity index (χ3v) is 7.33. The molecule has 218 valence electrons. The maximum atomic E-state index is 13.9. The van der Waals surface area contributed by atoms with Gasteiger partial charge < -0.3 is 14.8 Å². The number of nitrogens with zero attached hydrogens (tertiary/aromatic N) is 1. The van der Waals surface area contributed by atoms with Gasteiger partial charge >= 0.3 is 0 Å². The lowest BCUT2D eigenvalue weighted by atomic mass is 10.0. The molecule has 1 saturated heterocycles. The number of allylic oxidation sites excluding steroid dienone is 1. The van der Waals surface area contributed by atoms with Gasteiger partial charge in [0.1, 0.15) is 13.2 Å². The summed E-state index contributed by atoms with van der Waals surface area (Å²) in [7, 11) is 0. The molecule has 0 aliphatic carbocycles. The minimum atomic E-state index is -1.76. The highest BCUT2D eigenvalue weighted by Gasteiger charge is 2.36. The summed E-state index contributed by atoms with van der Waals surface area (Å²) in [6.45, 7) is 5.50. The lowest BCUT2D eigenvalue weighted by Gasteiger charge is -2.17. The Balaban J connectivity index is 1.54. The van der Waals surface area contributed by atoms with E-state index in [0.717, 1.165) is 21.7 Å². The molecular formula is C30H24BrF3N2O5S. The zero-order valence-electron chi connectivity index (χ0n) is 22.2. The average Bonchev–Trinajstić information content (AvgIpc) is 3.21. The summed E-state index contributed by atoms with van der Waals surface area (Å²) in [4.78, 5) is 38.7. The standard InChI is InChI=1S/C30H24BrF3N2O5S/c1-3-5-19-12-18(13-23(40-4-2)28(19)41-16-17-6-8-20(31)9-7-17)14-24-29(38)36(30(39)42-24)15-25(37)35-22-11-10-21(32)26(33)27(22)34/h3,6-14H,1,4-5,15-16H2,2H3,(H,35,37)/b24-14-. The molecule has 1 aliphatic heterocycles. The molecule has 0 spiro atoms. The predicted molar refractivity (Wildman–Crippen MR) is 158 cm³/mol. The first-order chi connectivity index (χ1) is 20.1. The molecular weight excluding hydrogens is 637 g/mol. The van der Waals surface area contributed by atoms with Gasteiger partial charge in [-0.3, -0.25) is 19.3 Å². The largest absolute Gasteiger partial charge is 0.490 e. The Bertz CT molecular complexity index is 1580. The number of halogens is 4. The molecule has 0 aromatic heterocycles. The number of hydrogen-bond acceptors (Lipinski definition) is 6. The maximum absolute atomic E-state index is 13.9. The lowest BCUT2D eigenvalue weighted by molar-refractivity contribution is -0.127. The molecule has 4 rings (SSSR count). The van der Waals surface area contributed by atoms with Crippen LogP contribution in [-0.2, 0) is 22.6 Å². The Labute approximate surface area is 252 Å². The van der Waals surface area contributed by atoms with E-state index in [2.05, 4.69) is 22.5 Å². The topological polar surface area (TPSA) is 84.9 Å². The third kappa shape index (κ3) is 7.24. The van der Waals surface area contributed by atoms with Crippen molar-refractivity contribution in [1.29, 1.82) is 0 Å². The summed E-state index contributed by atoms with van der Waals surface area (Å²) < 4.78 is 53.5. The fraction of sp³-hybridized carbons (Fsp3) is 0.167. The van der Waals surface area contributed by atoms with Crippen LogP contribution in [0.25, 0.3) is 6.08 Å². The number of nitrogens with one attached hydrogen (secondary N) is 1. The number of thioether (sulfide) groups is 1. The zero-order chi connectivity index (χ0) is 30.4. The predicted octanol–water partition coefficient (Wildman–Crippen LogP) is 7.25. The Hall–Kier alpha value is -4.03. The summed E-state index contributed by atoms with van der Waals surface area (Å²) in [5, 5.41) is 1.32. The molecule has 1 heterocycles. The van der Waals surface area contributed by atoms with E-state index >= 15 is 0 Å². The van der Waals surface area contributed by atoms with Crippen LogP contribution in [0.3, 0.4) is 0 Å². The summed E-state index contributed by atoms with van der Waals surface area (Å²) >= 11 is 4.03. The Kier molecular flexibility index (Phi) is 10.1. The van der Waals surface area contributed by atoms with Crippen LogP contribution in [0.1, 0.15) is 23.6 Å². The molecule has 1 N–H and O–H groups in total. The van der Waals surface area contributed by atoms with E-state index in [4.69, 9.17) is 9.47 Å². The number of benzene rings is 3. The van der Waals surface area contributed by atoms with Crippen LogP contribution < -0.4 is 14.8 Å². The number of rotatable bonds is 11. The van der Waals surface area contributed by atoms with Crippen molar-refractivity contribution in [2.24, 2.45) is 0 Å². The highest BCUT2D eigenvalue weighted by molar-refractivity contribution is 9.10. The van der Waals surface area contributed by atoms with E-state index < -0.39 is 46.7 Å². The second-order valence-electron chi connectivity index (χ2n) is 8.89. The SMILES string of the molecule is C=CCc1cc(/C=C2\SC(=O)N(CC(=O)Nc3ccc(F)c(F)c3F)C2=O)cc(OCC)c1OCc1ccc(Br)cc1. The number of amides is 3. The van der Waals surface area contributed by atoms with Crippen LogP contribution in [0.2, 0.25) is 0 Å². The fourth-order valence-corrected chi connectivity index (χ4v) is 5.08. The van der Waals surface area contributed by atoms with Gasteiger partial charge in [0.05, 0.1) is 17.2 Å². The number of imide groups is 1. The molecule has 7 nitrogen and oxygen atoms in total. The van der Waals surface area contributed by atoms with E-state index in [0.29, 0.717) is 52.8 Å². The van der Waals surface area contributed by atoms with Crippen molar-refractivity contribution in [1.82, 2.24) is 4.90 Å². The number of ether oxygens (including phenoxy) is 2. The van der Waals surface area contributed by atoms with Crippen LogP contribution in [0, 0.1) is 17.5 Å². The molecule has 3 aromatic rings. The molecule has 1 aliphatic rings. The van der Waals surface area contributed by atoms with Crippen molar-refractivity contribution in [3.05, 3.63) is 105 Å². The highest BCUT2D eigenvalue weighted by Crippen LogP contribution is 2.38. The number of anilines is 1. The molecule has 1 fully saturated rings. The normalized spacial score (nSPS) is 13.9. The van der Waals surface area contributed by atoms with Gasteiger partial charge in [0, 0.05) is 10.0 Å². The monoisotopic (exact) mass is 660 g/mol. The first-order valence-corrected chi connectivity index (χ1v) is 14.2. The van der Waals surface area contributed by atoms with Crippen molar-refractivity contribution in [3.63, 3.8) is 0 Å². The Morgan fingerprint density at radius 3 is 2.50 bits per heavy atom.